The van der Waals surface area contributed by atoms with Crippen LogP contribution in [0.25, 0.3) is 10.9 Å². The highest BCUT2D eigenvalue weighted by molar-refractivity contribution is 6.06. The third kappa shape index (κ3) is 4.30. The topological polar surface area (TPSA) is 85.5 Å². The van der Waals surface area contributed by atoms with Crippen molar-refractivity contribution in [3.8, 4) is 5.75 Å². The standard InChI is InChI=1S/C24H23N3O4/c1-3-27-21-11-8-18(26-23(28)16-6-9-19(30-2)10-7-16)13-17(21)14-22(27)24(29)25-15-20-5-4-12-31-20/h4-14H,3,15H2,1-2H3,(H,25,29)(H,26,28). The number of fused-ring (bicyclic) bond motifs is 1. The number of anilines is 1. The lowest BCUT2D eigenvalue weighted by molar-refractivity contribution is 0.0938. The van der Waals surface area contributed by atoms with Crippen molar-refractivity contribution in [2.75, 3.05) is 12.4 Å². The summed E-state index contributed by atoms with van der Waals surface area (Å²) in [6.07, 6.45) is 1.58. The lowest BCUT2D eigenvalue weighted by Gasteiger charge is -2.09. The summed E-state index contributed by atoms with van der Waals surface area (Å²) in [6.45, 7) is 2.95. The first-order valence-electron chi connectivity index (χ1n) is 9.98. The van der Waals surface area contributed by atoms with Gasteiger partial charge in [0.2, 0.25) is 0 Å². The van der Waals surface area contributed by atoms with Crippen LogP contribution in [0, 0.1) is 0 Å². The van der Waals surface area contributed by atoms with Crippen molar-refractivity contribution in [2.24, 2.45) is 0 Å². The molecule has 31 heavy (non-hydrogen) atoms. The number of aryl methyl sites for hydroxylation is 1. The Labute approximate surface area is 179 Å². The summed E-state index contributed by atoms with van der Waals surface area (Å²) >= 11 is 0. The predicted octanol–water partition coefficient (Wildman–Crippen LogP) is 4.45. The molecule has 0 radical (unpaired) electrons. The summed E-state index contributed by atoms with van der Waals surface area (Å²) in [6, 6.07) is 17.9. The molecule has 2 aromatic heterocycles. The highest BCUT2D eigenvalue weighted by Gasteiger charge is 2.16. The van der Waals surface area contributed by atoms with Gasteiger partial charge >= 0.3 is 0 Å². The second-order valence-corrected chi connectivity index (χ2v) is 6.99. The molecule has 0 saturated heterocycles. The summed E-state index contributed by atoms with van der Waals surface area (Å²) in [4.78, 5) is 25.3. The van der Waals surface area contributed by atoms with Gasteiger partial charge in [0.25, 0.3) is 11.8 Å². The van der Waals surface area contributed by atoms with Crippen LogP contribution in [0.5, 0.6) is 5.75 Å². The third-order valence-corrected chi connectivity index (χ3v) is 5.06. The van der Waals surface area contributed by atoms with E-state index >= 15 is 0 Å². The minimum absolute atomic E-state index is 0.182. The zero-order valence-corrected chi connectivity index (χ0v) is 17.3. The molecule has 4 rings (SSSR count). The Hall–Kier alpha value is -4.00. The van der Waals surface area contributed by atoms with Crippen LogP contribution in [0.3, 0.4) is 0 Å². The van der Waals surface area contributed by atoms with Gasteiger partial charge in [0.15, 0.2) is 0 Å². The van der Waals surface area contributed by atoms with Crippen LogP contribution in [-0.2, 0) is 13.1 Å². The van der Waals surface area contributed by atoms with Crippen LogP contribution in [0.1, 0.15) is 33.5 Å². The van der Waals surface area contributed by atoms with Crippen molar-refractivity contribution < 1.29 is 18.7 Å². The Morgan fingerprint density at radius 1 is 1.03 bits per heavy atom. The number of carbonyl (C=O) groups excluding carboxylic acids is 2. The number of furan rings is 1. The first kappa shape index (κ1) is 20.3. The number of hydrogen-bond acceptors (Lipinski definition) is 4. The number of aromatic nitrogens is 1. The zero-order chi connectivity index (χ0) is 21.8. The highest BCUT2D eigenvalue weighted by atomic mass is 16.5. The van der Waals surface area contributed by atoms with E-state index in [0.717, 1.165) is 10.9 Å². The van der Waals surface area contributed by atoms with E-state index < -0.39 is 0 Å². The third-order valence-electron chi connectivity index (χ3n) is 5.06. The molecule has 2 amide bonds. The molecular weight excluding hydrogens is 394 g/mol. The molecule has 7 nitrogen and oxygen atoms in total. The summed E-state index contributed by atoms with van der Waals surface area (Å²) in [5, 5.41) is 6.66. The van der Waals surface area contributed by atoms with Crippen molar-refractivity contribution in [2.45, 2.75) is 20.0 Å². The number of ether oxygens (including phenoxy) is 1. The number of nitrogens with zero attached hydrogens (tertiary/aromatic N) is 1. The Balaban J connectivity index is 1.54. The van der Waals surface area contributed by atoms with Gasteiger partial charge in [0.05, 0.1) is 19.9 Å². The lowest BCUT2D eigenvalue weighted by atomic mass is 10.2. The van der Waals surface area contributed by atoms with Crippen LogP contribution in [-0.4, -0.2) is 23.5 Å². The van der Waals surface area contributed by atoms with Gasteiger partial charge in [0.1, 0.15) is 17.2 Å². The average Bonchev–Trinajstić information content (AvgIpc) is 3.44. The fourth-order valence-corrected chi connectivity index (χ4v) is 3.49. The largest absolute Gasteiger partial charge is 0.497 e. The molecule has 0 unspecified atom stereocenters. The normalized spacial score (nSPS) is 10.8. The molecule has 158 valence electrons. The number of carbonyl (C=O) groups is 2. The van der Waals surface area contributed by atoms with Crippen LogP contribution in [0.2, 0.25) is 0 Å². The Morgan fingerprint density at radius 3 is 2.52 bits per heavy atom. The molecule has 7 heteroatoms. The van der Waals surface area contributed by atoms with Gasteiger partial charge in [-0.15, -0.1) is 0 Å². The molecule has 0 aliphatic rings. The fraction of sp³-hybridized carbons (Fsp3) is 0.167. The van der Waals surface area contributed by atoms with Gasteiger partial charge in [-0.05, 0) is 67.6 Å². The predicted molar refractivity (Wildman–Crippen MR) is 118 cm³/mol. The van der Waals surface area contributed by atoms with Gasteiger partial charge in [0, 0.05) is 28.7 Å². The summed E-state index contributed by atoms with van der Waals surface area (Å²) in [7, 11) is 1.58. The minimum Gasteiger partial charge on any atom is -0.497 e. The van der Waals surface area contributed by atoms with Gasteiger partial charge in [-0.1, -0.05) is 0 Å². The summed E-state index contributed by atoms with van der Waals surface area (Å²) < 4.78 is 12.3. The van der Waals surface area contributed by atoms with E-state index in [1.54, 1.807) is 43.7 Å². The second-order valence-electron chi connectivity index (χ2n) is 6.99. The summed E-state index contributed by atoms with van der Waals surface area (Å²) in [5.41, 5.74) is 2.67. The fourth-order valence-electron chi connectivity index (χ4n) is 3.49. The molecule has 4 aromatic rings. The smallest absolute Gasteiger partial charge is 0.268 e. The Morgan fingerprint density at radius 2 is 1.84 bits per heavy atom. The van der Waals surface area contributed by atoms with Gasteiger partial charge in [-0.2, -0.15) is 0 Å². The molecule has 0 spiro atoms. The van der Waals surface area contributed by atoms with Crippen LogP contribution in [0.15, 0.2) is 71.3 Å². The van der Waals surface area contributed by atoms with E-state index in [0.29, 0.717) is 41.5 Å². The average molecular weight is 417 g/mol. The van der Waals surface area contributed by atoms with Crippen LogP contribution in [0.4, 0.5) is 5.69 Å². The van der Waals surface area contributed by atoms with Gasteiger partial charge in [-0.25, -0.2) is 0 Å². The first-order chi connectivity index (χ1) is 15.1. The highest BCUT2D eigenvalue weighted by Crippen LogP contribution is 2.24. The van der Waals surface area contributed by atoms with Crippen molar-refractivity contribution in [1.29, 1.82) is 0 Å². The minimum atomic E-state index is -0.214. The maximum Gasteiger partial charge on any atom is 0.268 e. The molecule has 0 fully saturated rings. The molecule has 0 bridgehead atoms. The van der Waals surface area contributed by atoms with E-state index in [4.69, 9.17) is 9.15 Å². The molecule has 2 aromatic carbocycles. The van der Waals surface area contributed by atoms with E-state index in [2.05, 4.69) is 10.6 Å². The van der Waals surface area contributed by atoms with Crippen molar-refractivity contribution in [1.82, 2.24) is 9.88 Å². The van der Waals surface area contributed by atoms with Gasteiger partial charge in [-0.3, -0.25) is 9.59 Å². The zero-order valence-electron chi connectivity index (χ0n) is 17.3. The van der Waals surface area contributed by atoms with E-state index in [9.17, 15) is 9.59 Å². The second kappa shape index (κ2) is 8.79. The van der Waals surface area contributed by atoms with Crippen LogP contribution >= 0.6 is 0 Å². The number of rotatable bonds is 7. The Kier molecular flexibility index (Phi) is 5.75. The van der Waals surface area contributed by atoms with E-state index in [1.807, 2.05) is 41.8 Å². The van der Waals surface area contributed by atoms with Crippen LogP contribution < -0.4 is 15.4 Å². The molecule has 0 saturated carbocycles. The van der Waals surface area contributed by atoms with Crippen molar-refractivity contribution >= 4 is 28.4 Å². The first-order valence-corrected chi connectivity index (χ1v) is 9.98. The van der Waals surface area contributed by atoms with E-state index in [-0.39, 0.29) is 11.8 Å². The monoisotopic (exact) mass is 417 g/mol. The number of nitrogens with one attached hydrogen (secondary N) is 2. The maximum atomic E-state index is 12.7. The van der Waals surface area contributed by atoms with Crippen molar-refractivity contribution in [3.63, 3.8) is 0 Å². The van der Waals surface area contributed by atoms with Gasteiger partial charge < -0.3 is 24.4 Å². The SMILES string of the molecule is CCn1c(C(=O)NCc2ccco2)cc2cc(NC(=O)c3ccc(OC)cc3)ccc21. The summed E-state index contributed by atoms with van der Waals surface area (Å²) in [5.74, 6) is 0.986. The number of amides is 2. The molecule has 0 aliphatic heterocycles. The number of benzene rings is 2. The molecule has 0 atom stereocenters. The molecule has 2 N–H and O–H groups in total. The quantitative estimate of drug-likeness (QED) is 0.465. The Bertz CT molecular complexity index is 1210. The van der Waals surface area contributed by atoms with E-state index in [1.165, 1.54) is 0 Å². The molecule has 0 aliphatic carbocycles. The van der Waals surface area contributed by atoms with Crippen molar-refractivity contribution in [3.05, 3.63) is 83.9 Å². The lowest BCUT2D eigenvalue weighted by Crippen LogP contribution is -2.25. The number of methoxy groups -OCH3 is 1. The maximum absolute atomic E-state index is 12.7. The number of hydrogen-bond donors (Lipinski definition) is 2. The molecule has 2 heterocycles. The molecular formula is C24H23N3O4.